The first-order valence-electron chi connectivity index (χ1n) is 8.99. The quantitative estimate of drug-likeness (QED) is 0.772. The fourth-order valence-corrected chi connectivity index (χ4v) is 3.59. The maximum absolute atomic E-state index is 12.5. The van der Waals surface area contributed by atoms with Crippen LogP contribution in [0.4, 0.5) is 0 Å². The van der Waals surface area contributed by atoms with Crippen molar-refractivity contribution in [3.63, 3.8) is 0 Å². The van der Waals surface area contributed by atoms with Gasteiger partial charge in [-0.05, 0) is 37.0 Å². The highest BCUT2D eigenvalue weighted by Gasteiger charge is 2.39. The van der Waals surface area contributed by atoms with Gasteiger partial charge in [0.25, 0.3) is 5.56 Å². The van der Waals surface area contributed by atoms with Gasteiger partial charge in [-0.15, -0.1) is 0 Å². The number of benzene rings is 2. The molecule has 1 saturated carbocycles. The first-order chi connectivity index (χ1) is 12.7. The Morgan fingerprint density at radius 2 is 1.81 bits per heavy atom. The minimum Gasteiger partial charge on any atom is -0.347 e. The van der Waals surface area contributed by atoms with Crippen molar-refractivity contribution < 1.29 is 4.79 Å². The standard InChI is InChI=1S/C21H21N3O2/c25-19(23-21(12-6-13-21)16-7-2-1-3-8-16)11-14-24-15-22-18-10-5-4-9-17(18)20(24)26/h1-5,7-10,15H,6,11-14H2,(H,23,25). The number of nitrogens with one attached hydrogen (secondary N) is 1. The lowest BCUT2D eigenvalue weighted by atomic mass is 9.71. The van der Waals surface area contributed by atoms with Gasteiger partial charge in [-0.25, -0.2) is 4.98 Å². The molecule has 3 aromatic rings. The van der Waals surface area contributed by atoms with E-state index >= 15 is 0 Å². The molecule has 26 heavy (non-hydrogen) atoms. The number of carbonyl (C=O) groups excluding carboxylic acids is 1. The number of para-hydroxylation sites is 1. The molecule has 0 aliphatic heterocycles. The van der Waals surface area contributed by atoms with Crippen LogP contribution in [0, 0.1) is 0 Å². The predicted molar refractivity (Wildman–Crippen MR) is 101 cm³/mol. The Morgan fingerprint density at radius 1 is 1.08 bits per heavy atom. The van der Waals surface area contributed by atoms with Crippen molar-refractivity contribution in [2.24, 2.45) is 0 Å². The largest absolute Gasteiger partial charge is 0.347 e. The van der Waals surface area contributed by atoms with Crippen molar-refractivity contribution in [1.82, 2.24) is 14.9 Å². The molecule has 0 atom stereocenters. The van der Waals surface area contributed by atoms with E-state index in [1.165, 1.54) is 10.9 Å². The fourth-order valence-electron chi connectivity index (χ4n) is 3.59. The number of hydrogen-bond donors (Lipinski definition) is 1. The average molecular weight is 347 g/mol. The van der Waals surface area contributed by atoms with Crippen molar-refractivity contribution in [2.75, 3.05) is 0 Å². The van der Waals surface area contributed by atoms with Gasteiger partial charge in [-0.1, -0.05) is 42.5 Å². The zero-order valence-electron chi connectivity index (χ0n) is 14.5. The Kier molecular flexibility index (Phi) is 4.29. The van der Waals surface area contributed by atoms with E-state index in [4.69, 9.17) is 0 Å². The molecule has 1 fully saturated rings. The van der Waals surface area contributed by atoms with Crippen LogP contribution in [0.5, 0.6) is 0 Å². The molecule has 0 bridgehead atoms. The van der Waals surface area contributed by atoms with Crippen LogP contribution in [0.25, 0.3) is 10.9 Å². The van der Waals surface area contributed by atoms with E-state index in [0.717, 1.165) is 24.8 Å². The second-order valence-corrected chi connectivity index (χ2v) is 6.86. The number of aromatic nitrogens is 2. The minimum absolute atomic E-state index is 0.0337. The number of carbonyl (C=O) groups is 1. The molecule has 1 aromatic heterocycles. The molecule has 0 radical (unpaired) electrons. The van der Waals surface area contributed by atoms with E-state index in [9.17, 15) is 9.59 Å². The molecule has 1 heterocycles. The SMILES string of the molecule is O=C(CCn1cnc2ccccc2c1=O)NC1(c2ccccc2)CCC1. The summed E-state index contributed by atoms with van der Waals surface area (Å²) in [5.74, 6) is -0.0337. The van der Waals surface area contributed by atoms with E-state index in [-0.39, 0.29) is 23.4 Å². The van der Waals surface area contributed by atoms with Crippen LogP contribution in [-0.2, 0) is 16.9 Å². The molecule has 0 spiro atoms. The second-order valence-electron chi connectivity index (χ2n) is 6.86. The van der Waals surface area contributed by atoms with Crippen molar-refractivity contribution in [2.45, 2.75) is 37.8 Å². The molecule has 1 aliphatic carbocycles. The number of nitrogens with zero attached hydrogens (tertiary/aromatic N) is 2. The normalized spacial score (nSPS) is 15.4. The van der Waals surface area contributed by atoms with Crippen LogP contribution in [0.15, 0.2) is 65.7 Å². The lowest BCUT2D eigenvalue weighted by Crippen LogP contribution is -2.51. The summed E-state index contributed by atoms with van der Waals surface area (Å²) in [4.78, 5) is 29.3. The Hall–Kier alpha value is -2.95. The Morgan fingerprint density at radius 3 is 2.54 bits per heavy atom. The van der Waals surface area contributed by atoms with E-state index in [0.29, 0.717) is 17.4 Å². The number of fused-ring (bicyclic) bond motifs is 1. The molecule has 132 valence electrons. The molecule has 1 N–H and O–H groups in total. The van der Waals surface area contributed by atoms with Crippen molar-refractivity contribution in [1.29, 1.82) is 0 Å². The highest BCUT2D eigenvalue weighted by molar-refractivity contribution is 5.78. The average Bonchev–Trinajstić information content (AvgIpc) is 2.65. The maximum atomic E-state index is 12.5. The second kappa shape index (κ2) is 6.75. The molecule has 2 aromatic carbocycles. The lowest BCUT2D eigenvalue weighted by molar-refractivity contribution is -0.124. The Bertz CT molecular complexity index is 991. The van der Waals surface area contributed by atoms with Crippen LogP contribution in [-0.4, -0.2) is 15.5 Å². The third kappa shape index (κ3) is 3.01. The summed E-state index contributed by atoms with van der Waals surface area (Å²) in [6.45, 7) is 0.327. The highest BCUT2D eigenvalue weighted by Crippen LogP contribution is 2.41. The molecule has 1 aliphatic rings. The maximum Gasteiger partial charge on any atom is 0.261 e. The highest BCUT2D eigenvalue weighted by atomic mass is 16.2. The summed E-state index contributed by atoms with van der Waals surface area (Å²) in [7, 11) is 0. The van der Waals surface area contributed by atoms with Gasteiger partial charge in [0.1, 0.15) is 0 Å². The van der Waals surface area contributed by atoms with Crippen LogP contribution in [0.3, 0.4) is 0 Å². The van der Waals surface area contributed by atoms with Gasteiger partial charge in [0, 0.05) is 13.0 Å². The van der Waals surface area contributed by atoms with Crippen LogP contribution < -0.4 is 10.9 Å². The summed E-state index contributed by atoms with van der Waals surface area (Å²) in [5.41, 5.74) is 1.48. The number of hydrogen-bond acceptors (Lipinski definition) is 3. The molecule has 0 saturated heterocycles. The summed E-state index contributed by atoms with van der Waals surface area (Å²) in [6, 6.07) is 17.4. The Labute approximate surface area is 151 Å². The van der Waals surface area contributed by atoms with Gasteiger partial charge in [0.2, 0.25) is 5.91 Å². The van der Waals surface area contributed by atoms with Crippen LogP contribution >= 0.6 is 0 Å². The van der Waals surface area contributed by atoms with Crippen LogP contribution in [0.2, 0.25) is 0 Å². The molecular formula is C21H21N3O2. The molecule has 1 amide bonds. The monoisotopic (exact) mass is 347 g/mol. The first kappa shape index (κ1) is 16.5. The lowest BCUT2D eigenvalue weighted by Gasteiger charge is -2.43. The van der Waals surface area contributed by atoms with E-state index in [1.807, 2.05) is 36.4 Å². The molecule has 4 rings (SSSR count). The van der Waals surface area contributed by atoms with Gasteiger partial charge >= 0.3 is 0 Å². The summed E-state index contributed by atoms with van der Waals surface area (Å²) < 4.78 is 1.51. The third-order valence-corrected chi connectivity index (χ3v) is 5.22. The van der Waals surface area contributed by atoms with E-state index < -0.39 is 0 Å². The van der Waals surface area contributed by atoms with Gasteiger partial charge in [0.15, 0.2) is 0 Å². The fraction of sp³-hybridized carbons (Fsp3) is 0.286. The zero-order valence-corrected chi connectivity index (χ0v) is 14.5. The van der Waals surface area contributed by atoms with Gasteiger partial charge in [0.05, 0.1) is 22.8 Å². The topological polar surface area (TPSA) is 64.0 Å². The van der Waals surface area contributed by atoms with Gasteiger partial charge in [-0.3, -0.25) is 14.2 Å². The van der Waals surface area contributed by atoms with Crippen LogP contribution in [0.1, 0.15) is 31.2 Å². The summed E-state index contributed by atoms with van der Waals surface area (Å²) >= 11 is 0. The van der Waals surface area contributed by atoms with Crippen molar-refractivity contribution >= 4 is 16.8 Å². The van der Waals surface area contributed by atoms with Crippen molar-refractivity contribution in [3.05, 3.63) is 76.8 Å². The predicted octanol–water partition coefficient (Wildman–Crippen LogP) is 2.98. The van der Waals surface area contributed by atoms with E-state index in [2.05, 4.69) is 22.4 Å². The molecular weight excluding hydrogens is 326 g/mol. The number of amides is 1. The summed E-state index contributed by atoms with van der Waals surface area (Å²) in [6.07, 6.45) is 4.81. The minimum atomic E-state index is -0.245. The van der Waals surface area contributed by atoms with Crippen molar-refractivity contribution in [3.8, 4) is 0 Å². The van der Waals surface area contributed by atoms with Gasteiger partial charge < -0.3 is 5.32 Å². The zero-order chi connectivity index (χ0) is 18.0. The molecule has 0 unspecified atom stereocenters. The third-order valence-electron chi connectivity index (χ3n) is 5.22. The summed E-state index contributed by atoms with van der Waals surface area (Å²) in [5, 5.41) is 3.78. The molecule has 5 heteroatoms. The Balaban J connectivity index is 1.46. The number of rotatable bonds is 5. The smallest absolute Gasteiger partial charge is 0.261 e. The number of aryl methyl sites for hydroxylation is 1. The first-order valence-corrected chi connectivity index (χ1v) is 8.99. The van der Waals surface area contributed by atoms with E-state index in [1.54, 1.807) is 6.07 Å². The van der Waals surface area contributed by atoms with Gasteiger partial charge in [-0.2, -0.15) is 0 Å². The molecule has 5 nitrogen and oxygen atoms in total.